The van der Waals surface area contributed by atoms with Crippen molar-refractivity contribution in [1.82, 2.24) is 0 Å². The highest BCUT2D eigenvalue weighted by Crippen LogP contribution is 2.32. The maximum atomic E-state index is 10.9. The fourth-order valence-electron chi connectivity index (χ4n) is 1.08. The molecule has 0 saturated heterocycles. The van der Waals surface area contributed by atoms with Crippen molar-refractivity contribution in [3.05, 3.63) is 24.3 Å². The second kappa shape index (κ2) is 2.81. The highest BCUT2D eigenvalue weighted by atomic mass is 79.9. The lowest BCUT2D eigenvalue weighted by Crippen LogP contribution is -2.36. The number of hydrogen-bond donors (Lipinski definition) is 1. The fraction of sp³-hybridized carbons (Fsp3) is 0.375. The number of alkyl halides is 1. The van der Waals surface area contributed by atoms with Gasteiger partial charge < -0.3 is 5.73 Å². The molecule has 0 aromatic rings. The Bertz CT molecular complexity index is 230. The predicted molar refractivity (Wildman–Crippen MR) is 48.3 cm³/mol. The molecule has 60 valence electrons. The molecule has 1 rings (SSSR count). The van der Waals surface area contributed by atoms with E-state index in [9.17, 15) is 4.79 Å². The van der Waals surface area contributed by atoms with E-state index in [1.165, 1.54) is 0 Å². The zero-order valence-electron chi connectivity index (χ0n) is 6.25. The number of rotatable bonds is 1. The van der Waals surface area contributed by atoms with Gasteiger partial charge in [-0.05, 0) is 6.92 Å². The second-order valence-electron chi connectivity index (χ2n) is 2.78. The van der Waals surface area contributed by atoms with E-state index < -0.39 is 0 Å². The Morgan fingerprint density at radius 3 is 2.64 bits per heavy atom. The van der Waals surface area contributed by atoms with Gasteiger partial charge in [0.05, 0.1) is 10.2 Å². The minimum Gasteiger partial charge on any atom is -0.369 e. The molecule has 3 heteroatoms. The van der Waals surface area contributed by atoms with Crippen molar-refractivity contribution < 1.29 is 4.79 Å². The normalized spacial score (nSPS) is 35.6. The largest absolute Gasteiger partial charge is 0.369 e. The number of allylic oxidation sites excluding steroid dienone is 3. The van der Waals surface area contributed by atoms with Crippen molar-refractivity contribution in [2.24, 2.45) is 11.7 Å². The first kappa shape index (κ1) is 8.53. The molecule has 1 amide bonds. The van der Waals surface area contributed by atoms with Crippen LogP contribution in [0.4, 0.5) is 0 Å². The maximum Gasteiger partial charge on any atom is 0.226 e. The summed E-state index contributed by atoms with van der Waals surface area (Å²) in [5.41, 5.74) is 5.19. The number of nitrogens with two attached hydrogens (primary N) is 1. The van der Waals surface area contributed by atoms with Gasteiger partial charge in [0.1, 0.15) is 0 Å². The number of hydrogen-bond acceptors (Lipinski definition) is 1. The van der Waals surface area contributed by atoms with E-state index >= 15 is 0 Å². The van der Waals surface area contributed by atoms with Gasteiger partial charge in [-0.25, -0.2) is 0 Å². The first-order valence-corrected chi connectivity index (χ1v) is 4.17. The first-order chi connectivity index (χ1) is 5.04. The molecular formula is C8H10BrNO. The minimum absolute atomic E-state index is 0.243. The van der Waals surface area contributed by atoms with Crippen LogP contribution in [0, 0.1) is 5.92 Å². The van der Waals surface area contributed by atoms with E-state index in [1.807, 2.05) is 25.2 Å². The van der Waals surface area contributed by atoms with Crippen molar-refractivity contribution in [1.29, 1.82) is 0 Å². The predicted octanol–water partition coefficient (Wildman–Crippen LogP) is 1.37. The van der Waals surface area contributed by atoms with Crippen LogP contribution in [0.1, 0.15) is 6.92 Å². The Balaban J connectivity index is 2.89. The molecule has 0 spiro atoms. The van der Waals surface area contributed by atoms with Crippen LogP contribution in [0.3, 0.4) is 0 Å². The van der Waals surface area contributed by atoms with Crippen molar-refractivity contribution in [2.75, 3.05) is 0 Å². The van der Waals surface area contributed by atoms with Gasteiger partial charge in [-0.3, -0.25) is 4.79 Å². The van der Waals surface area contributed by atoms with Crippen molar-refractivity contribution in [3.8, 4) is 0 Å². The van der Waals surface area contributed by atoms with Crippen molar-refractivity contribution >= 4 is 21.8 Å². The Morgan fingerprint density at radius 1 is 1.64 bits per heavy atom. The van der Waals surface area contributed by atoms with Gasteiger partial charge in [0, 0.05) is 0 Å². The Labute approximate surface area is 74.3 Å². The van der Waals surface area contributed by atoms with Gasteiger partial charge in [0.2, 0.25) is 5.91 Å². The minimum atomic E-state index is -0.312. The topological polar surface area (TPSA) is 43.1 Å². The third-order valence-corrected chi connectivity index (χ3v) is 2.51. The van der Waals surface area contributed by atoms with Gasteiger partial charge in [0.25, 0.3) is 0 Å². The summed E-state index contributed by atoms with van der Waals surface area (Å²) >= 11 is 3.42. The molecule has 11 heavy (non-hydrogen) atoms. The van der Waals surface area contributed by atoms with Crippen LogP contribution in [0.15, 0.2) is 24.3 Å². The summed E-state index contributed by atoms with van der Waals surface area (Å²) < 4.78 is -0.312. The summed E-state index contributed by atoms with van der Waals surface area (Å²) in [5, 5.41) is 0. The summed E-state index contributed by atoms with van der Waals surface area (Å²) in [5.74, 6) is -0.544. The second-order valence-corrected chi connectivity index (χ2v) is 4.48. The number of halogens is 1. The summed E-state index contributed by atoms with van der Waals surface area (Å²) in [6.07, 6.45) is 7.45. The summed E-state index contributed by atoms with van der Waals surface area (Å²) in [4.78, 5) is 10.9. The highest BCUT2D eigenvalue weighted by molar-refractivity contribution is 9.10. The lowest BCUT2D eigenvalue weighted by atomic mass is 9.89. The van der Waals surface area contributed by atoms with Gasteiger partial charge in [-0.2, -0.15) is 0 Å². The van der Waals surface area contributed by atoms with Crippen LogP contribution in [-0.2, 0) is 4.79 Å². The molecular weight excluding hydrogens is 206 g/mol. The van der Waals surface area contributed by atoms with Crippen LogP contribution < -0.4 is 5.73 Å². The average molecular weight is 216 g/mol. The molecule has 0 aromatic carbocycles. The van der Waals surface area contributed by atoms with E-state index in [4.69, 9.17) is 5.73 Å². The quantitative estimate of drug-likeness (QED) is 0.661. The molecule has 0 aliphatic heterocycles. The zero-order chi connectivity index (χ0) is 8.48. The van der Waals surface area contributed by atoms with Gasteiger partial charge in [-0.1, -0.05) is 40.2 Å². The van der Waals surface area contributed by atoms with Crippen molar-refractivity contribution in [3.63, 3.8) is 0 Å². The lowest BCUT2D eigenvalue weighted by molar-refractivity contribution is -0.120. The molecule has 0 aromatic heterocycles. The third kappa shape index (κ3) is 1.71. The molecule has 2 nitrogen and oxygen atoms in total. The molecule has 0 bridgehead atoms. The molecule has 2 unspecified atom stereocenters. The number of carbonyl (C=O) groups excluding carboxylic acids is 1. The maximum absolute atomic E-state index is 10.9. The van der Waals surface area contributed by atoms with E-state index in [0.717, 1.165) is 0 Å². The zero-order valence-corrected chi connectivity index (χ0v) is 7.84. The number of primary amides is 1. The summed E-state index contributed by atoms with van der Waals surface area (Å²) in [6, 6.07) is 0. The molecule has 1 aliphatic carbocycles. The van der Waals surface area contributed by atoms with Crippen LogP contribution >= 0.6 is 15.9 Å². The monoisotopic (exact) mass is 215 g/mol. The van der Waals surface area contributed by atoms with Crippen LogP contribution in [0.25, 0.3) is 0 Å². The van der Waals surface area contributed by atoms with E-state index in [1.54, 1.807) is 6.08 Å². The SMILES string of the molecule is CC1(Br)C=CC=CC1C(N)=O. The van der Waals surface area contributed by atoms with Crippen molar-refractivity contribution in [2.45, 2.75) is 11.2 Å². The van der Waals surface area contributed by atoms with Gasteiger partial charge in [-0.15, -0.1) is 0 Å². The highest BCUT2D eigenvalue weighted by Gasteiger charge is 2.32. The standard InChI is InChI=1S/C8H10BrNO/c1-8(9)5-3-2-4-6(8)7(10)11/h2-6H,1H3,(H2,10,11). The lowest BCUT2D eigenvalue weighted by Gasteiger charge is -2.26. The van der Waals surface area contributed by atoms with Gasteiger partial charge >= 0.3 is 0 Å². The summed E-state index contributed by atoms with van der Waals surface area (Å²) in [6.45, 7) is 1.92. The fourth-order valence-corrected chi connectivity index (χ4v) is 1.61. The smallest absolute Gasteiger partial charge is 0.226 e. The number of carbonyl (C=O) groups is 1. The molecule has 0 saturated carbocycles. The average Bonchev–Trinajstić information content (AvgIpc) is 1.85. The molecule has 0 heterocycles. The molecule has 0 radical (unpaired) electrons. The molecule has 0 fully saturated rings. The summed E-state index contributed by atoms with van der Waals surface area (Å²) in [7, 11) is 0. The molecule has 1 aliphatic rings. The van der Waals surface area contributed by atoms with Gasteiger partial charge in [0.15, 0.2) is 0 Å². The van der Waals surface area contributed by atoms with Crippen LogP contribution in [0.2, 0.25) is 0 Å². The molecule has 2 atom stereocenters. The number of amides is 1. The van der Waals surface area contributed by atoms with E-state index in [-0.39, 0.29) is 16.1 Å². The van der Waals surface area contributed by atoms with E-state index in [2.05, 4.69) is 15.9 Å². The Kier molecular flexibility index (Phi) is 2.18. The van der Waals surface area contributed by atoms with Crippen LogP contribution in [0.5, 0.6) is 0 Å². The first-order valence-electron chi connectivity index (χ1n) is 3.38. The van der Waals surface area contributed by atoms with E-state index in [0.29, 0.717) is 0 Å². The Hall–Kier alpha value is -0.570. The Morgan fingerprint density at radius 2 is 2.27 bits per heavy atom. The molecule has 2 N–H and O–H groups in total. The van der Waals surface area contributed by atoms with Crippen LogP contribution in [-0.4, -0.2) is 10.2 Å². The third-order valence-electron chi connectivity index (χ3n) is 1.75.